The summed E-state index contributed by atoms with van der Waals surface area (Å²) in [7, 11) is 3.06. The molecule has 59 heavy (non-hydrogen) atoms. The predicted molar refractivity (Wildman–Crippen MR) is 239 cm³/mol. The van der Waals surface area contributed by atoms with Crippen molar-refractivity contribution < 1.29 is 19.1 Å². The lowest BCUT2D eigenvalue weighted by molar-refractivity contribution is 0.101. The predicted octanol–water partition coefficient (Wildman–Crippen LogP) is 12.7. The van der Waals surface area contributed by atoms with Crippen LogP contribution >= 0.6 is 46.4 Å². The highest BCUT2D eigenvalue weighted by atomic mass is 35.5. The van der Waals surface area contributed by atoms with Gasteiger partial charge in [0.25, 0.3) is 11.8 Å². The molecule has 0 atom stereocenters. The topological polar surface area (TPSA) is 134 Å². The molecule has 2 aromatic heterocycles. The number of nitrogens with one attached hydrogen (secondary N) is 4. The number of carbonyl (C=O) groups excluding carboxylic acids is 2. The first-order chi connectivity index (χ1) is 28.4. The van der Waals surface area contributed by atoms with Crippen LogP contribution in [0.4, 0.5) is 11.4 Å². The first-order valence-corrected chi connectivity index (χ1v) is 19.8. The van der Waals surface area contributed by atoms with Gasteiger partial charge in [-0.25, -0.2) is 9.97 Å². The number of nitrogens with zero attached hydrogens (tertiary/aromatic N) is 2. The van der Waals surface area contributed by atoms with Crippen molar-refractivity contribution in [3.05, 3.63) is 152 Å². The third-order valence-electron chi connectivity index (χ3n) is 9.39. The molecule has 10 nitrogen and oxygen atoms in total. The van der Waals surface area contributed by atoms with E-state index in [1.54, 1.807) is 91.0 Å². The summed E-state index contributed by atoms with van der Waals surface area (Å²) in [5.41, 5.74) is 7.51. The molecule has 0 radical (unpaired) electrons. The number of hydrogen-bond acceptors (Lipinski definition) is 6. The summed E-state index contributed by atoms with van der Waals surface area (Å²) < 4.78 is 10.7. The van der Waals surface area contributed by atoms with Gasteiger partial charge < -0.3 is 30.1 Å². The molecule has 0 aliphatic heterocycles. The minimum absolute atomic E-state index is 0.184. The van der Waals surface area contributed by atoms with E-state index in [9.17, 15) is 9.59 Å². The summed E-state index contributed by atoms with van der Waals surface area (Å²) in [6.45, 7) is 4.27. The number of ether oxygens (including phenoxy) is 2. The number of hydrogen-bond donors (Lipinski definition) is 4. The van der Waals surface area contributed by atoms with E-state index in [2.05, 4.69) is 44.4 Å². The van der Waals surface area contributed by atoms with Crippen molar-refractivity contribution >= 4 is 91.7 Å². The molecule has 0 fully saturated rings. The van der Waals surface area contributed by atoms with Gasteiger partial charge in [-0.1, -0.05) is 90.6 Å². The maximum absolute atomic E-state index is 12.9. The highest BCUT2D eigenvalue weighted by molar-refractivity contribution is 6.39. The molecule has 0 unspecified atom stereocenters. The van der Waals surface area contributed by atoms with Crippen molar-refractivity contribution in [3.63, 3.8) is 0 Å². The molecule has 298 valence electrons. The van der Waals surface area contributed by atoms with Crippen LogP contribution < -0.4 is 20.1 Å². The standard InChI is InChI=1S/C23H19Cl2N3O.C22H17Cl2N3O3/c1-13(2)14-6-9-16(10-7-14)26-23(29)15-8-11-19-20(12-15)28-22(27-19)21-17(24)4-3-5-18(21)25;1-29-17-7-4-8-18(30-2)20(17)27-22(28)12-9-10-15-16(11-12)26-21(25-15)19-13(23)5-3-6-14(19)24/h3-13H,1-2H3,(H,26,29)(H,27,28);3-11H,1-2H3,(H,25,26)(H,27,28). The lowest BCUT2D eigenvalue weighted by Gasteiger charge is -2.14. The van der Waals surface area contributed by atoms with E-state index in [0.717, 1.165) is 16.7 Å². The zero-order valence-electron chi connectivity index (χ0n) is 32.1. The molecule has 0 spiro atoms. The third kappa shape index (κ3) is 9.01. The number of carbonyl (C=O) groups is 2. The number of anilines is 2. The Morgan fingerprint density at radius 2 is 1.00 bits per heavy atom. The van der Waals surface area contributed by atoms with Crippen LogP contribution in [0.2, 0.25) is 20.1 Å². The van der Waals surface area contributed by atoms with Gasteiger partial charge in [-0.05, 0) is 96.4 Å². The number of halogens is 4. The number of imidazole rings is 2. The van der Waals surface area contributed by atoms with E-state index in [1.165, 1.54) is 19.8 Å². The van der Waals surface area contributed by atoms with Gasteiger partial charge in [0, 0.05) is 16.8 Å². The Hall–Kier alpha value is -6.04. The Bertz CT molecular complexity index is 2770. The van der Waals surface area contributed by atoms with Crippen molar-refractivity contribution in [2.24, 2.45) is 0 Å². The highest BCUT2D eigenvalue weighted by Crippen LogP contribution is 2.37. The summed E-state index contributed by atoms with van der Waals surface area (Å²) in [6, 6.07) is 34.2. The average molecular weight is 867 g/mol. The number of para-hydroxylation sites is 1. The molecular weight excluding hydrogens is 830 g/mol. The Kier molecular flexibility index (Phi) is 12.4. The van der Waals surface area contributed by atoms with Crippen LogP contribution in [0.25, 0.3) is 44.8 Å². The fourth-order valence-corrected chi connectivity index (χ4v) is 7.45. The number of benzene rings is 6. The van der Waals surface area contributed by atoms with Gasteiger partial charge in [-0.15, -0.1) is 0 Å². The maximum atomic E-state index is 12.9. The summed E-state index contributed by atoms with van der Waals surface area (Å²) in [6.07, 6.45) is 0. The number of aromatic nitrogens is 4. The fourth-order valence-electron chi connectivity index (χ4n) is 6.30. The first-order valence-electron chi connectivity index (χ1n) is 18.3. The molecule has 2 heterocycles. The Labute approximate surface area is 359 Å². The van der Waals surface area contributed by atoms with Crippen molar-refractivity contribution in [2.45, 2.75) is 19.8 Å². The van der Waals surface area contributed by atoms with E-state index in [-0.39, 0.29) is 11.8 Å². The lowest BCUT2D eigenvalue weighted by Crippen LogP contribution is -2.13. The summed E-state index contributed by atoms with van der Waals surface area (Å²) in [4.78, 5) is 41.1. The monoisotopic (exact) mass is 864 g/mol. The number of methoxy groups -OCH3 is 2. The molecule has 0 bridgehead atoms. The van der Waals surface area contributed by atoms with Crippen LogP contribution in [-0.2, 0) is 0 Å². The van der Waals surface area contributed by atoms with Gasteiger partial charge in [-0.2, -0.15) is 0 Å². The molecule has 0 saturated heterocycles. The normalized spacial score (nSPS) is 11.0. The minimum atomic E-state index is -0.313. The van der Waals surface area contributed by atoms with Crippen molar-refractivity contribution in [3.8, 4) is 34.3 Å². The quantitative estimate of drug-likeness (QED) is 0.114. The number of aromatic amines is 2. The molecule has 6 aromatic carbocycles. The van der Waals surface area contributed by atoms with E-state index in [4.69, 9.17) is 55.9 Å². The molecule has 4 N–H and O–H groups in total. The Balaban J connectivity index is 0.000000179. The van der Waals surface area contributed by atoms with Crippen LogP contribution in [0.1, 0.15) is 46.0 Å². The van der Waals surface area contributed by atoms with Gasteiger partial charge in [0.05, 0.1) is 67.5 Å². The summed E-state index contributed by atoms with van der Waals surface area (Å²) in [5, 5.41) is 7.79. The Morgan fingerprint density at radius 3 is 1.42 bits per heavy atom. The van der Waals surface area contributed by atoms with Gasteiger partial charge >= 0.3 is 0 Å². The van der Waals surface area contributed by atoms with Crippen LogP contribution in [-0.4, -0.2) is 46.0 Å². The van der Waals surface area contributed by atoms with Crippen LogP contribution in [0.3, 0.4) is 0 Å². The van der Waals surface area contributed by atoms with E-state index < -0.39 is 0 Å². The van der Waals surface area contributed by atoms with Crippen LogP contribution in [0, 0.1) is 0 Å². The summed E-state index contributed by atoms with van der Waals surface area (Å²) in [5.74, 6) is 2.05. The second kappa shape index (κ2) is 17.8. The van der Waals surface area contributed by atoms with Gasteiger partial charge in [0.2, 0.25) is 0 Å². The second-order valence-corrected chi connectivity index (χ2v) is 15.2. The number of fused-ring (bicyclic) bond motifs is 2. The van der Waals surface area contributed by atoms with Crippen molar-refractivity contribution in [1.82, 2.24) is 19.9 Å². The second-order valence-electron chi connectivity index (χ2n) is 13.6. The average Bonchev–Trinajstić information content (AvgIpc) is 3.84. The molecule has 0 saturated carbocycles. The van der Waals surface area contributed by atoms with Gasteiger partial charge in [0.1, 0.15) is 28.8 Å². The highest BCUT2D eigenvalue weighted by Gasteiger charge is 2.18. The molecule has 14 heteroatoms. The molecule has 0 aliphatic rings. The van der Waals surface area contributed by atoms with Crippen molar-refractivity contribution in [2.75, 3.05) is 24.9 Å². The zero-order chi connectivity index (χ0) is 41.8. The van der Waals surface area contributed by atoms with Gasteiger partial charge in [0.15, 0.2) is 0 Å². The maximum Gasteiger partial charge on any atom is 0.255 e. The number of H-pyrrole nitrogens is 2. The van der Waals surface area contributed by atoms with E-state index in [1.807, 2.05) is 24.3 Å². The molecule has 2 amide bonds. The molecule has 8 rings (SSSR count). The Morgan fingerprint density at radius 1 is 0.576 bits per heavy atom. The van der Waals surface area contributed by atoms with E-state index in [0.29, 0.717) is 88.1 Å². The smallest absolute Gasteiger partial charge is 0.255 e. The number of amides is 2. The summed E-state index contributed by atoms with van der Waals surface area (Å²) >= 11 is 25.1. The van der Waals surface area contributed by atoms with Crippen LogP contribution in [0.15, 0.2) is 115 Å². The fraction of sp³-hybridized carbons (Fsp3) is 0.111. The third-order valence-corrected chi connectivity index (χ3v) is 10.6. The molecule has 8 aromatic rings. The zero-order valence-corrected chi connectivity index (χ0v) is 35.1. The largest absolute Gasteiger partial charge is 0.494 e. The van der Waals surface area contributed by atoms with Gasteiger partial charge in [-0.3, -0.25) is 9.59 Å². The molecular formula is C45H36Cl4N6O4. The molecule has 0 aliphatic carbocycles. The number of rotatable bonds is 9. The first kappa shape index (κ1) is 41.1. The minimum Gasteiger partial charge on any atom is -0.494 e. The van der Waals surface area contributed by atoms with Crippen molar-refractivity contribution in [1.29, 1.82) is 0 Å². The SMILES string of the molecule is CC(C)c1ccc(NC(=O)c2ccc3nc(-c4c(Cl)cccc4Cl)[nH]c3c2)cc1.COc1cccc(OC)c1NC(=O)c1ccc2nc(-c3c(Cl)cccc3Cl)[nH]c2c1. The van der Waals surface area contributed by atoms with E-state index >= 15 is 0 Å². The lowest BCUT2D eigenvalue weighted by atomic mass is 10.0. The van der Waals surface area contributed by atoms with Crippen LogP contribution in [0.5, 0.6) is 11.5 Å².